The van der Waals surface area contributed by atoms with E-state index >= 15 is 0 Å². The molecule has 2 aromatic carbocycles. The van der Waals surface area contributed by atoms with Crippen LogP contribution in [0.4, 0.5) is 11.4 Å². The minimum absolute atomic E-state index is 0.110. The smallest absolute Gasteiger partial charge is 0.337 e. The first-order valence-electron chi connectivity index (χ1n) is 8.16. The third-order valence-corrected chi connectivity index (χ3v) is 3.76. The van der Waals surface area contributed by atoms with Gasteiger partial charge in [-0.15, -0.1) is 0 Å². The van der Waals surface area contributed by atoms with Gasteiger partial charge in [-0.2, -0.15) is 0 Å². The number of aromatic carboxylic acids is 1. The minimum Gasteiger partial charge on any atom is -0.494 e. The van der Waals surface area contributed by atoms with E-state index in [9.17, 15) is 9.90 Å². The van der Waals surface area contributed by atoms with E-state index in [4.69, 9.17) is 12.6 Å². The van der Waals surface area contributed by atoms with Crippen molar-refractivity contribution in [3.8, 4) is 17.0 Å². The summed E-state index contributed by atoms with van der Waals surface area (Å²) >= 11 is 0. The van der Waals surface area contributed by atoms with Crippen LogP contribution in [-0.2, 0) is 0 Å². The van der Waals surface area contributed by atoms with Crippen LogP contribution in [-0.4, -0.2) is 30.5 Å². The molecule has 0 spiro atoms. The lowest BCUT2D eigenvalue weighted by Gasteiger charge is -2.11. The van der Waals surface area contributed by atoms with Gasteiger partial charge in [0.25, 0.3) is 0 Å². The summed E-state index contributed by atoms with van der Waals surface area (Å²) in [5.74, 6) is -0.251. The minimum atomic E-state index is -1.04. The van der Waals surface area contributed by atoms with Crippen LogP contribution in [0, 0.1) is 0 Å². The second-order valence-corrected chi connectivity index (χ2v) is 5.63. The van der Waals surface area contributed by atoms with Crippen LogP contribution >= 0.6 is 0 Å². The van der Waals surface area contributed by atoms with E-state index in [1.165, 1.54) is 6.07 Å². The van der Waals surface area contributed by atoms with Crippen molar-refractivity contribution in [1.29, 1.82) is 0 Å². The van der Waals surface area contributed by atoms with Gasteiger partial charge in [-0.3, -0.25) is 4.98 Å². The molecule has 0 saturated carbocycles. The van der Waals surface area contributed by atoms with Gasteiger partial charge in [0.1, 0.15) is 13.6 Å². The number of ether oxygens (including phenoxy) is 1. The maximum Gasteiger partial charge on any atom is 0.337 e. The number of pyridine rings is 1. The normalized spacial score (nSPS) is 10.3. The number of hydrogen-bond acceptors (Lipinski definition) is 4. The fraction of sp³-hybridized carbons (Fsp3) is 0.100. The Morgan fingerprint density at radius 2 is 2.04 bits per heavy atom. The molecule has 0 aliphatic carbocycles. The molecule has 128 valence electrons. The fourth-order valence-electron chi connectivity index (χ4n) is 2.55. The molecule has 3 aromatic rings. The first-order valence-corrected chi connectivity index (χ1v) is 8.16. The fourth-order valence-corrected chi connectivity index (χ4v) is 2.55. The maximum absolute atomic E-state index is 11.4. The van der Waals surface area contributed by atoms with Crippen LogP contribution < -0.4 is 15.5 Å². The SMILES string of the molecule is [B]c1ccc(Nc2ccc(-c3cccc(OCC)c3)nc2)c(C(=O)O)c1. The van der Waals surface area contributed by atoms with Crippen molar-refractivity contribution in [3.63, 3.8) is 0 Å². The number of aromatic nitrogens is 1. The van der Waals surface area contributed by atoms with Gasteiger partial charge in [-0.25, -0.2) is 4.79 Å². The standard InChI is InChI=1S/C20H17BN2O3/c1-2-26-16-5-3-4-13(10-16)18-9-7-15(12-22-18)23-19-8-6-14(21)11-17(19)20(24)25/h3-12,23H,2H2,1H3,(H,24,25). The van der Waals surface area contributed by atoms with Crippen molar-refractivity contribution in [2.24, 2.45) is 0 Å². The number of hydrogen-bond donors (Lipinski definition) is 2. The van der Waals surface area contributed by atoms with Crippen LogP contribution in [0.2, 0.25) is 0 Å². The van der Waals surface area contributed by atoms with Crippen molar-refractivity contribution in [3.05, 3.63) is 66.4 Å². The highest BCUT2D eigenvalue weighted by molar-refractivity contribution is 6.32. The molecule has 0 aliphatic heterocycles. The first kappa shape index (κ1) is 17.5. The molecule has 0 amide bonds. The Bertz CT molecular complexity index is 927. The Balaban J connectivity index is 1.83. The average molecular weight is 344 g/mol. The quantitative estimate of drug-likeness (QED) is 0.671. The number of nitrogens with one attached hydrogen (secondary N) is 1. The van der Waals surface area contributed by atoms with Gasteiger partial charge in [-0.05, 0) is 37.3 Å². The van der Waals surface area contributed by atoms with Crippen molar-refractivity contribution in [1.82, 2.24) is 4.98 Å². The number of rotatable bonds is 6. The van der Waals surface area contributed by atoms with E-state index in [1.807, 2.05) is 43.3 Å². The van der Waals surface area contributed by atoms with Crippen molar-refractivity contribution in [2.45, 2.75) is 6.92 Å². The lowest BCUT2D eigenvalue weighted by molar-refractivity contribution is 0.0698. The Morgan fingerprint density at radius 1 is 1.19 bits per heavy atom. The molecule has 2 radical (unpaired) electrons. The van der Waals surface area contributed by atoms with Gasteiger partial charge >= 0.3 is 5.97 Å². The summed E-state index contributed by atoms with van der Waals surface area (Å²) in [7, 11) is 5.66. The molecule has 0 fully saturated rings. The zero-order chi connectivity index (χ0) is 18.5. The van der Waals surface area contributed by atoms with Crippen LogP contribution in [0.25, 0.3) is 11.3 Å². The molecule has 0 unspecified atom stereocenters. The topological polar surface area (TPSA) is 71.5 Å². The van der Waals surface area contributed by atoms with Gasteiger partial charge in [0.15, 0.2) is 0 Å². The highest BCUT2D eigenvalue weighted by atomic mass is 16.5. The number of anilines is 2. The lowest BCUT2D eigenvalue weighted by atomic mass is 9.93. The zero-order valence-corrected chi connectivity index (χ0v) is 14.3. The third-order valence-electron chi connectivity index (χ3n) is 3.76. The second kappa shape index (κ2) is 7.74. The number of carboxylic acid groups (broad SMARTS) is 1. The number of benzene rings is 2. The number of carboxylic acids is 1. The van der Waals surface area contributed by atoms with Gasteiger partial charge in [0, 0.05) is 5.56 Å². The highest BCUT2D eigenvalue weighted by Crippen LogP contribution is 2.25. The van der Waals surface area contributed by atoms with E-state index in [0.29, 0.717) is 23.4 Å². The molecule has 1 aromatic heterocycles. The van der Waals surface area contributed by atoms with Crippen LogP contribution in [0.1, 0.15) is 17.3 Å². The van der Waals surface area contributed by atoms with Crippen molar-refractivity contribution < 1.29 is 14.6 Å². The Hall–Kier alpha value is -3.28. The molecule has 5 nitrogen and oxygen atoms in total. The molecule has 1 heterocycles. The Kier molecular flexibility index (Phi) is 5.22. The van der Waals surface area contributed by atoms with E-state index in [-0.39, 0.29) is 5.56 Å². The van der Waals surface area contributed by atoms with Gasteiger partial charge < -0.3 is 15.2 Å². The summed E-state index contributed by atoms with van der Waals surface area (Å²) < 4.78 is 5.51. The molecule has 0 aliphatic rings. The Morgan fingerprint density at radius 3 is 2.73 bits per heavy atom. The van der Waals surface area contributed by atoms with Crippen LogP contribution in [0.5, 0.6) is 5.75 Å². The molecule has 6 heteroatoms. The van der Waals surface area contributed by atoms with Gasteiger partial charge in [-0.1, -0.05) is 29.7 Å². The summed E-state index contributed by atoms with van der Waals surface area (Å²) in [6.45, 7) is 2.54. The predicted molar refractivity (Wildman–Crippen MR) is 103 cm³/mol. The summed E-state index contributed by atoms with van der Waals surface area (Å²) in [5, 5.41) is 12.4. The second-order valence-electron chi connectivity index (χ2n) is 5.63. The first-order chi connectivity index (χ1) is 12.6. The van der Waals surface area contributed by atoms with Crippen molar-refractivity contribution >= 4 is 30.7 Å². The summed E-state index contributed by atoms with van der Waals surface area (Å²) in [4.78, 5) is 15.8. The van der Waals surface area contributed by atoms with Crippen LogP contribution in [0.15, 0.2) is 60.8 Å². The maximum atomic E-state index is 11.4. The summed E-state index contributed by atoms with van der Waals surface area (Å²) in [5.41, 5.74) is 3.39. The highest BCUT2D eigenvalue weighted by Gasteiger charge is 2.10. The third kappa shape index (κ3) is 4.03. The van der Waals surface area contributed by atoms with E-state index in [0.717, 1.165) is 17.0 Å². The molecule has 2 N–H and O–H groups in total. The molecule has 3 rings (SSSR count). The lowest BCUT2D eigenvalue weighted by Crippen LogP contribution is -2.10. The monoisotopic (exact) mass is 344 g/mol. The largest absolute Gasteiger partial charge is 0.494 e. The molecule has 26 heavy (non-hydrogen) atoms. The average Bonchev–Trinajstić information content (AvgIpc) is 2.64. The summed E-state index contributed by atoms with van der Waals surface area (Å²) in [6, 6.07) is 16.1. The van der Waals surface area contributed by atoms with Crippen LogP contribution in [0.3, 0.4) is 0 Å². The molecular formula is C20H17BN2O3. The zero-order valence-electron chi connectivity index (χ0n) is 14.3. The van der Waals surface area contributed by atoms with E-state index < -0.39 is 5.97 Å². The van der Waals surface area contributed by atoms with E-state index in [2.05, 4.69) is 10.3 Å². The van der Waals surface area contributed by atoms with Gasteiger partial charge in [0.05, 0.1) is 35.4 Å². The van der Waals surface area contributed by atoms with Gasteiger partial charge in [0.2, 0.25) is 0 Å². The molecule has 0 saturated heterocycles. The molecule has 0 atom stereocenters. The number of carbonyl (C=O) groups is 1. The van der Waals surface area contributed by atoms with E-state index in [1.54, 1.807) is 18.3 Å². The number of nitrogens with zero attached hydrogens (tertiary/aromatic N) is 1. The Labute approximate surface area is 153 Å². The molecular weight excluding hydrogens is 327 g/mol. The summed E-state index contributed by atoms with van der Waals surface area (Å²) in [6.07, 6.45) is 1.66. The predicted octanol–water partition coefficient (Wildman–Crippen LogP) is 3.38. The van der Waals surface area contributed by atoms with Crippen molar-refractivity contribution in [2.75, 3.05) is 11.9 Å². The molecule has 0 bridgehead atoms.